The fraction of sp³-hybridized carbons (Fsp3) is 0.480. The maximum Gasteiger partial charge on any atom is 0.402 e. The average molecular weight is 540 g/mol. The smallest absolute Gasteiger partial charge is 0.248 e. The maximum absolute atomic E-state index is 13.7. The highest BCUT2D eigenvalue weighted by Gasteiger charge is 2.60. The van der Waals surface area contributed by atoms with Crippen LogP contribution in [0.25, 0.3) is 10.4 Å². The maximum atomic E-state index is 13.7. The predicted molar refractivity (Wildman–Crippen MR) is 129 cm³/mol. The van der Waals surface area contributed by atoms with Gasteiger partial charge in [0.05, 0.1) is 10.4 Å². The van der Waals surface area contributed by atoms with Gasteiger partial charge in [-0.3, -0.25) is 0 Å². The van der Waals surface area contributed by atoms with Crippen molar-refractivity contribution in [3.8, 4) is 10.4 Å². The van der Waals surface area contributed by atoms with Crippen LogP contribution in [0.3, 0.4) is 0 Å². The number of benzene rings is 1. The molecule has 1 aromatic heterocycles. The van der Waals surface area contributed by atoms with E-state index in [1.165, 1.54) is 34.6 Å². The molecule has 0 radical (unpaired) electrons. The van der Waals surface area contributed by atoms with E-state index in [4.69, 9.17) is 0 Å². The van der Waals surface area contributed by atoms with E-state index in [1.54, 1.807) is 12.3 Å². The average Bonchev–Trinajstić information content (AvgIpc) is 3.43. The lowest BCUT2D eigenvalue weighted by molar-refractivity contribution is -0.136. The predicted octanol–water partition coefficient (Wildman–Crippen LogP) is 5.56. The van der Waals surface area contributed by atoms with Crippen molar-refractivity contribution < 1.29 is 26.0 Å². The van der Waals surface area contributed by atoms with E-state index in [-0.39, 0.29) is 30.1 Å². The minimum atomic E-state index is -4.59. The Hall–Kier alpha value is -2.08. The zero-order valence-electron chi connectivity index (χ0n) is 19.3. The van der Waals surface area contributed by atoms with Gasteiger partial charge >= 0.3 is 6.18 Å². The van der Waals surface area contributed by atoms with Gasteiger partial charge in [-0.05, 0) is 67.2 Å². The summed E-state index contributed by atoms with van der Waals surface area (Å²) in [5.41, 5.74) is 2.33. The molecule has 5 nitrogen and oxygen atoms in total. The summed E-state index contributed by atoms with van der Waals surface area (Å²) in [5.74, 6) is -0.322. The lowest BCUT2D eigenvalue weighted by atomic mass is 9.79. The van der Waals surface area contributed by atoms with Crippen LogP contribution in [-0.4, -0.2) is 42.5 Å². The van der Waals surface area contributed by atoms with Crippen LogP contribution in [0.5, 0.6) is 0 Å². The molecule has 1 saturated heterocycles. The molecule has 3 aliphatic carbocycles. The summed E-state index contributed by atoms with van der Waals surface area (Å²) in [6, 6.07) is 6.42. The van der Waals surface area contributed by atoms with E-state index < -0.39 is 28.5 Å². The second-order valence-corrected chi connectivity index (χ2v) is 13.0. The fourth-order valence-corrected chi connectivity index (χ4v) is 9.21. The molecule has 192 valence electrons. The summed E-state index contributed by atoms with van der Waals surface area (Å²) in [4.78, 5) is 5.50. The van der Waals surface area contributed by atoms with Crippen molar-refractivity contribution in [2.24, 2.45) is 11.8 Å². The molecule has 6 rings (SSSR count). The second kappa shape index (κ2) is 8.47. The van der Waals surface area contributed by atoms with E-state index in [2.05, 4.69) is 21.9 Å². The Morgan fingerprint density at radius 2 is 1.94 bits per heavy atom. The molecule has 1 aromatic carbocycles. The number of allylic oxidation sites excluding steroid dienone is 4. The SMILES string of the molecule is O=S1(=O)NC2(CN1CC(F)(F)F)C1CCC2CC2=C(C=CC(c3ncc(-c4cccc(F)c4)s3)C2)C1. The van der Waals surface area contributed by atoms with Crippen LogP contribution in [0.2, 0.25) is 0 Å². The Balaban J connectivity index is 1.23. The third-order valence-corrected chi connectivity index (χ3v) is 10.9. The Labute approximate surface area is 211 Å². The van der Waals surface area contributed by atoms with Crippen LogP contribution in [0, 0.1) is 17.7 Å². The van der Waals surface area contributed by atoms with Gasteiger partial charge in [0.1, 0.15) is 17.4 Å². The number of nitrogens with one attached hydrogen (secondary N) is 1. The van der Waals surface area contributed by atoms with Crippen molar-refractivity contribution in [1.29, 1.82) is 0 Å². The van der Waals surface area contributed by atoms with Gasteiger partial charge in [0.25, 0.3) is 10.2 Å². The summed E-state index contributed by atoms with van der Waals surface area (Å²) < 4.78 is 81.6. The number of hydrogen-bond donors (Lipinski definition) is 1. The first-order chi connectivity index (χ1) is 17.0. The van der Waals surface area contributed by atoms with Gasteiger partial charge in [0.2, 0.25) is 0 Å². The molecule has 1 saturated carbocycles. The molecule has 36 heavy (non-hydrogen) atoms. The van der Waals surface area contributed by atoms with Crippen molar-refractivity contribution in [3.63, 3.8) is 0 Å². The molecule has 4 atom stereocenters. The first kappa shape index (κ1) is 24.3. The van der Waals surface area contributed by atoms with E-state index in [9.17, 15) is 26.0 Å². The first-order valence-corrected chi connectivity index (χ1v) is 14.2. The largest absolute Gasteiger partial charge is 0.402 e. The van der Waals surface area contributed by atoms with Gasteiger partial charge in [0, 0.05) is 18.7 Å². The second-order valence-electron chi connectivity index (χ2n) is 10.3. The lowest BCUT2D eigenvalue weighted by Crippen LogP contribution is -2.51. The van der Waals surface area contributed by atoms with Crippen molar-refractivity contribution in [3.05, 3.63) is 64.6 Å². The zero-order valence-corrected chi connectivity index (χ0v) is 20.9. The molecular weight excluding hydrogens is 514 g/mol. The lowest BCUT2D eigenvalue weighted by Gasteiger charge is -2.34. The quantitative estimate of drug-likeness (QED) is 0.520. The Bertz CT molecular complexity index is 1370. The Kier molecular flexibility index (Phi) is 5.71. The normalized spacial score (nSPS) is 31.7. The molecule has 11 heteroatoms. The summed E-state index contributed by atoms with van der Waals surface area (Å²) in [7, 11) is -4.19. The number of alkyl halides is 3. The van der Waals surface area contributed by atoms with Crippen LogP contribution in [0.4, 0.5) is 17.6 Å². The number of aromatic nitrogens is 1. The molecular formula is C25H25F4N3O2S2. The summed E-state index contributed by atoms with van der Waals surface area (Å²) in [6.07, 6.45) is 5.05. The van der Waals surface area contributed by atoms with Crippen molar-refractivity contribution in [1.82, 2.24) is 14.0 Å². The summed E-state index contributed by atoms with van der Waals surface area (Å²) >= 11 is 1.53. The number of rotatable bonds is 3. The third-order valence-electron chi connectivity index (χ3n) is 8.13. The number of nitrogens with zero attached hydrogens (tertiary/aromatic N) is 2. The number of halogens is 4. The molecule has 1 N–H and O–H groups in total. The van der Waals surface area contributed by atoms with E-state index >= 15 is 0 Å². The van der Waals surface area contributed by atoms with E-state index in [1.807, 2.05) is 6.07 Å². The van der Waals surface area contributed by atoms with Gasteiger partial charge in [-0.2, -0.15) is 30.6 Å². The van der Waals surface area contributed by atoms with E-state index in [0.717, 1.165) is 34.7 Å². The van der Waals surface area contributed by atoms with Crippen LogP contribution in [0.15, 0.2) is 53.8 Å². The van der Waals surface area contributed by atoms with Crippen LogP contribution < -0.4 is 4.72 Å². The molecule has 4 unspecified atom stereocenters. The van der Waals surface area contributed by atoms with Crippen molar-refractivity contribution in [2.45, 2.75) is 49.7 Å². The molecule has 2 fully saturated rings. The molecule has 2 heterocycles. The third kappa shape index (κ3) is 4.23. The Morgan fingerprint density at radius 3 is 2.69 bits per heavy atom. The molecule has 2 aromatic rings. The zero-order chi connectivity index (χ0) is 25.3. The highest BCUT2D eigenvalue weighted by molar-refractivity contribution is 7.87. The summed E-state index contributed by atoms with van der Waals surface area (Å²) in [5, 5.41) is 0.930. The van der Waals surface area contributed by atoms with Gasteiger partial charge in [0.15, 0.2) is 0 Å². The van der Waals surface area contributed by atoms with Gasteiger partial charge in [-0.25, -0.2) is 9.37 Å². The summed E-state index contributed by atoms with van der Waals surface area (Å²) in [6.45, 7) is -1.60. The van der Waals surface area contributed by atoms with Crippen molar-refractivity contribution in [2.75, 3.05) is 13.1 Å². The highest BCUT2D eigenvalue weighted by Crippen LogP contribution is 2.54. The topological polar surface area (TPSA) is 62.3 Å². The highest BCUT2D eigenvalue weighted by atomic mass is 32.2. The number of hydrogen-bond acceptors (Lipinski definition) is 4. The molecule has 1 spiro atoms. The van der Waals surface area contributed by atoms with E-state index in [0.29, 0.717) is 17.1 Å². The molecule has 2 bridgehead atoms. The minimum absolute atomic E-state index is 0.0383. The van der Waals surface area contributed by atoms with Crippen LogP contribution >= 0.6 is 11.3 Å². The van der Waals surface area contributed by atoms with Gasteiger partial charge < -0.3 is 0 Å². The minimum Gasteiger partial charge on any atom is -0.248 e. The van der Waals surface area contributed by atoms with Crippen LogP contribution in [0.1, 0.15) is 43.0 Å². The molecule has 1 aliphatic heterocycles. The monoisotopic (exact) mass is 539 g/mol. The van der Waals surface area contributed by atoms with Gasteiger partial charge in [-0.1, -0.05) is 29.9 Å². The molecule has 4 aliphatic rings. The number of thiazole rings is 1. The standard InChI is InChI=1S/C25H25F4N3O2S2/c26-21-3-1-2-16(11-21)22-12-30-23(35-22)17-5-4-15-9-19-6-7-20(10-18(15)8-17)24(19)13-32(14-25(27,28)29)36(33,34)31-24/h1-5,11-12,17,19-20,31H,6-10,13-14H2. The van der Waals surface area contributed by atoms with Gasteiger partial charge in [-0.15, -0.1) is 11.3 Å². The molecule has 0 amide bonds. The first-order valence-electron chi connectivity index (χ1n) is 12.0. The Morgan fingerprint density at radius 1 is 1.17 bits per heavy atom. The van der Waals surface area contributed by atoms with Crippen molar-refractivity contribution >= 4 is 21.5 Å². The van der Waals surface area contributed by atoms with Crippen LogP contribution in [-0.2, 0) is 10.2 Å². The fourth-order valence-electron chi connectivity index (χ4n) is 6.51.